The highest BCUT2D eigenvalue weighted by atomic mass is 35.5. The lowest BCUT2D eigenvalue weighted by Crippen LogP contribution is -2.40. The predicted molar refractivity (Wildman–Crippen MR) is 124 cm³/mol. The number of halogens is 2. The Hall–Kier alpha value is -3.71. The number of imidazole rings is 1. The molecule has 2 aromatic heterocycles. The standard InChI is InChI=1S/C19H16ClFN4O2.C6H6/c20-12-7-14-13(15(21)8-12)2-3-16(14)25(10-17(22)26)19(27)11-1-4-18-23-5-6-24(18)9-11;1-2-4-6-5-3-1/h1,4-9,16H,2-3,10H2,(H2,22,26);1-6H. The molecule has 5 rings (SSSR count). The van der Waals surface area contributed by atoms with E-state index in [2.05, 4.69) is 4.98 Å². The smallest absolute Gasteiger partial charge is 0.256 e. The zero-order chi connectivity index (χ0) is 23.4. The summed E-state index contributed by atoms with van der Waals surface area (Å²) in [6.45, 7) is -0.265. The van der Waals surface area contributed by atoms with E-state index < -0.39 is 17.8 Å². The van der Waals surface area contributed by atoms with Gasteiger partial charge in [0.2, 0.25) is 5.91 Å². The number of carbonyl (C=O) groups is 2. The van der Waals surface area contributed by atoms with E-state index in [9.17, 15) is 14.0 Å². The van der Waals surface area contributed by atoms with E-state index >= 15 is 0 Å². The van der Waals surface area contributed by atoms with Crippen molar-refractivity contribution in [3.8, 4) is 0 Å². The Morgan fingerprint density at radius 1 is 1.15 bits per heavy atom. The molecule has 0 saturated heterocycles. The molecule has 2 heterocycles. The molecule has 0 spiro atoms. The number of hydrogen-bond acceptors (Lipinski definition) is 3. The van der Waals surface area contributed by atoms with Crippen molar-refractivity contribution < 1.29 is 14.0 Å². The quantitative estimate of drug-likeness (QED) is 0.485. The van der Waals surface area contributed by atoms with Gasteiger partial charge in [-0.05, 0) is 48.2 Å². The first-order chi connectivity index (χ1) is 15.9. The molecule has 1 atom stereocenters. The van der Waals surface area contributed by atoms with Crippen molar-refractivity contribution in [1.29, 1.82) is 0 Å². The maximum Gasteiger partial charge on any atom is 0.256 e. The normalized spacial score (nSPS) is 14.3. The summed E-state index contributed by atoms with van der Waals surface area (Å²) in [7, 11) is 0. The molecule has 0 saturated carbocycles. The molecule has 168 valence electrons. The molecule has 6 nitrogen and oxygen atoms in total. The van der Waals surface area contributed by atoms with Gasteiger partial charge in [0.1, 0.15) is 18.0 Å². The number of hydrogen-bond donors (Lipinski definition) is 1. The van der Waals surface area contributed by atoms with Crippen molar-refractivity contribution in [2.24, 2.45) is 5.73 Å². The van der Waals surface area contributed by atoms with Gasteiger partial charge in [-0.2, -0.15) is 0 Å². The van der Waals surface area contributed by atoms with E-state index in [4.69, 9.17) is 17.3 Å². The highest BCUT2D eigenvalue weighted by molar-refractivity contribution is 6.30. The Bertz CT molecular complexity index is 1270. The van der Waals surface area contributed by atoms with Gasteiger partial charge in [0.05, 0.1) is 11.6 Å². The minimum absolute atomic E-state index is 0.254. The van der Waals surface area contributed by atoms with Crippen LogP contribution >= 0.6 is 11.6 Å². The van der Waals surface area contributed by atoms with Crippen molar-refractivity contribution in [2.45, 2.75) is 18.9 Å². The third-order valence-electron chi connectivity index (χ3n) is 5.49. The number of carbonyl (C=O) groups excluding carboxylic acids is 2. The Balaban J connectivity index is 0.000000376. The Morgan fingerprint density at radius 2 is 1.85 bits per heavy atom. The van der Waals surface area contributed by atoms with Crippen LogP contribution in [0.1, 0.15) is 33.9 Å². The van der Waals surface area contributed by atoms with Gasteiger partial charge in [-0.25, -0.2) is 9.37 Å². The molecule has 0 radical (unpaired) electrons. The second-order valence-electron chi connectivity index (χ2n) is 7.67. The molecule has 0 fully saturated rings. The lowest BCUT2D eigenvalue weighted by Gasteiger charge is -2.29. The van der Waals surface area contributed by atoms with Crippen LogP contribution in [0.5, 0.6) is 0 Å². The van der Waals surface area contributed by atoms with Crippen LogP contribution in [-0.2, 0) is 11.2 Å². The zero-order valence-corrected chi connectivity index (χ0v) is 18.5. The largest absolute Gasteiger partial charge is 0.368 e. The lowest BCUT2D eigenvalue weighted by atomic mass is 10.1. The topological polar surface area (TPSA) is 80.7 Å². The van der Waals surface area contributed by atoms with Crippen LogP contribution in [0.15, 0.2) is 79.3 Å². The predicted octanol–water partition coefficient (Wildman–Crippen LogP) is 4.43. The van der Waals surface area contributed by atoms with E-state index in [1.165, 1.54) is 11.0 Å². The van der Waals surface area contributed by atoms with E-state index in [1.807, 2.05) is 36.4 Å². The number of primary amides is 1. The van der Waals surface area contributed by atoms with Gasteiger partial charge in [0.15, 0.2) is 0 Å². The maximum atomic E-state index is 14.2. The highest BCUT2D eigenvalue weighted by Gasteiger charge is 2.34. The molecule has 0 aliphatic heterocycles. The summed E-state index contributed by atoms with van der Waals surface area (Å²) in [4.78, 5) is 30.3. The molecular formula is C25H22ClFN4O2. The van der Waals surface area contributed by atoms with Crippen molar-refractivity contribution in [2.75, 3.05) is 6.54 Å². The van der Waals surface area contributed by atoms with Crippen LogP contribution in [-0.4, -0.2) is 32.6 Å². The van der Waals surface area contributed by atoms with Crippen LogP contribution < -0.4 is 5.73 Å². The summed E-state index contributed by atoms with van der Waals surface area (Å²) in [6, 6.07) is 17.8. The SMILES string of the molecule is NC(=O)CN(C(=O)c1ccc2nccn2c1)C1CCc2c(F)cc(Cl)cc21.c1ccccc1. The first kappa shape index (κ1) is 22.5. The lowest BCUT2D eigenvalue weighted by molar-refractivity contribution is -0.119. The number of nitrogens with zero attached hydrogens (tertiary/aromatic N) is 3. The van der Waals surface area contributed by atoms with Crippen LogP contribution in [0.4, 0.5) is 4.39 Å². The van der Waals surface area contributed by atoms with Crippen LogP contribution in [0.3, 0.4) is 0 Å². The first-order valence-corrected chi connectivity index (χ1v) is 10.8. The number of rotatable bonds is 4. The Labute approximate surface area is 195 Å². The number of pyridine rings is 1. The summed E-state index contributed by atoms with van der Waals surface area (Å²) in [5.41, 5.74) is 7.62. The highest BCUT2D eigenvalue weighted by Crippen LogP contribution is 2.39. The number of amides is 2. The number of fused-ring (bicyclic) bond motifs is 2. The molecule has 8 heteroatoms. The van der Waals surface area contributed by atoms with Gasteiger partial charge in [-0.15, -0.1) is 0 Å². The fraction of sp³-hybridized carbons (Fsp3) is 0.160. The van der Waals surface area contributed by atoms with Crippen molar-refractivity contribution in [3.63, 3.8) is 0 Å². The fourth-order valence-electron chi connectivity index (χ4n) is 4.03. The Kier molecular flexibility index (Phi) is 6.70. The van der Waals surface area contributed by atoms with Crippen LogP contribution in [0.2, 0.25) is 5.02 Å². The minimum atomic E-state index is -0.636. The summed E-state index contributed by atoms with van der Waals surface area (Å²) in [5.74, 6) is -1.39. The Morgan fingerprint density at radius 3 is 2.52 bits per heavy atom. The van der Waals surface area contributed by atoms with E-state index in [0.717, 1.165) is 0 Å². The van der Waals surface area contributed by atoms with Gasteiger partial charge in [-0.1, -0.05) is 48.0 Å². The van der Waals surface area contributed by atoms with E-state index in [0.29, 0.717) is 35.2 Å². The number of benzene rings is 2. The third kappa shape index (κ3) is 5.04. The molecule has 33 heavy (non-hydrogen) atoms. The third-order valence-corrected chi connectivity index (χ3v) is 5.71. The van der Waals surface area contributed by atoms with E-state index in [1.54, 1.807) is 41.2 Å². The monoisotopic (exact) mass is 464 g/mol. The summed E-state index contributed by atoms with van der Waals surface area (Å²) >= 11 is 6.01. The molecule has 1 aliphatic carbocycles. The molecule has 4 aromatic rings. The van der Waals surface area contributed by atoms with Gasteiger partial charge >= 0.3 is 0 Å². The number of aromatic nitrogens is 2. The summed E-state index contributed by atoms with van der Waals surface area (Å²) in [6.07, 6.45) is 5.96. The van der Waals surface area contributed by atoms with Gasteiger partial charge in [-0.3, -0.25) is 9.59 Å². The second kappa shape index (κ2) is 9.83. The average molecular weight is 465 g/mol. The number of nitrogens with two attached hydrogens (primary N) is 1. The van der Waals surface area contributed by atoms with Crippen LogP contribution in [0, 0.1) is 5.82 Å². The molecule has 0 bridgehead atoms. The van der Waals surface area contributed by atoms with Crippen molar-refractivity contribution in [3.05, 3.63) is 107 Å². The summed E-state index contributed by atoms with van der Waals surface area (Å²) < 4.78 is 15.9. The van der Waals surface area contributed by atoms with Gasteiger partial charge < -0.3 is 15.0 Å². The average Bonchev–Trinajstić information content (AvgIpc) is 3.45. The molecule has 1 aliphatic rings. The van der Waals surface area contributed by atoms with Gasteiger partial charge in [0.25, 0.3) is 5.91 Å². The fourth-order valence-corrected chi connectivity index (χ4v) is 4.25. The van der Waals surface area contributed by atoms with Crippen molar-refractivity contribution >= 4 is 29.1 Å². The first-order valence-electron chi connectivity index (χ1n) is 10.4. The zero-order valence-electron chi connectivity index (χ0n) is 17.7. The minimum Gasteiger partial charge on any atom is -0.368 e. The molecule has 2 N–H and O–H groups in total. The maximum absolute atomic E-state index is 14.2. The van der Waals surface area contributed by atoms with E-state index in [-0.39, 0.29) is 17.5 Å². The van der Waals surface area contributed by atoms with Crippen LogP contribution in [0.25, 0.3) is 5.65 Å². The molecular weight excluding hydrogens is 443 g/mol. The van der Waals surface area contributed by atoms with Gasteiger partial charge in [0, 0.05) is 23.6 Å². The molecule has 2 aromatic carbocycles. The molecule has 2 amide bonds. The summed E-state index contributed by atoms with van der Waals surface area (Å²) in [5, 5.41) is 0.254. The van der Waals surface area contributed by atoms with Crippen molar-refractivity contribution in [1.82, 2.24) is 14.3 Å². The molecule has 1 unspecified atom stereocenters. The second-order valence-corrected chi connectivity index (χ2v) is 8.11.